The van der Waals surface area contributed by atoms with Crippen LogP contribution in [0.2, 0.25) is 0 Å². The van der Waals surface area contributed by atoms with E-state index in [9.17, 15) is 4.79 Å². The van der Waals surface area contributed by atoms with E-state index >= 15 is 0 Å². The van der Waals surface area contributed by atoms with Crippen LogP contribution in [0.25, 0.3) is 0 Å². The molecule has 1 aliphatic rings. The first-order valence-electron chi connectivity index (χ1n) is 4.49. The van der Waals surface area contributed by atoms with Gasteiger partial charge in [0.15, 0.2) is 11.9 Å². The Labute approximate surface area is 81.0 Å². The van der Waals surface area contributed by atoms with Crippen molar-refractivity contribution >= 4 is 5.97 Å². The smallest absolute Gasteiger partial charge is 0.328 e. The Balaban J connectivity index is 2.25. The van der Waals surface area contributed by atoms with E-state index in [0.29, 0.717) is 5.92 Å². The van der Waals surface area contributed by atoms with Gasteiger partial charge >= 0.3 is 5.97 Å². The summed E-state index contributed by atoms with van der Waals surface area (Å²) in [6.45, 7) is 0. The topological polar surface area (TPSA) is 89.1 Å². The van der Waals surface area contributed by atoms with E-state index < -0.39 is 12.0 Å². The molecule has 0 aromatic carbocycles. The molecule has 3 N–H and O–H groups in total. The van der Waals surface area contributed by atoms with Gasteiger partial charge in [0.25, 0.3) is 0 Å². The zero-order valence-electron chi connectivity index (χ0n) is 7.55. The highest BCUT2D eigenvalue weighted by Crippen LogP contribution is 2.38. The largest absolute Gasteiger partial charge is 0.480 e. The summed E-state index contributed by atoms with van der Waals surface area (Å²) in [6.07, 6.45) is 3.82. The van der Waals surface area contributed by atoms with Gasteiger partial charge in [-0.3, -0.25) is 4.79 Å². The summed E-state index contributed by atoms with van der Waals surface area (Å²) in [5.74, 6) is -0.419. The van der Waals surface area contributed by atoms with Gasteiger partial charge in [0.2, 0.25) is 0 Å². The van der Waals surface area contributed by atoms with Crippen molar-refractivity contribution in [2.24, 2.45) is 5.73 Å². The van der Waals surface area contributed by atoms with Crippen molar-refractivity contribution in [3.63, 3.8) is 0 Å². The molecule has 1 unspecified atom stereocenters. The Bertz CT molecular complexity index is 363. The Hall–Kier alpha value is -1.49. The fourth-order valence-electron chi connectivity index (χ4n) is 1.26. The number of hydrogen-bond acceptors (Lipinski definition) is 4. The molecular formula is C9H11N3O2. The molecule has 2 rings (SSSR count). The fraction of sp³-hybridized carbons (Fsp3) is 0.444. The maximum Gasteiger partial charge on any atom is 0.328 e. The minimum absolute atomic E-state index is 0.196. The van der Waals surface area contributed by atoms with Crippen LogP contribution in [0.3, 0.4) is 0 Å². The number of nitrogens with zero attached hydrogens (tertiary/aromatic N) is 2. The summed E-state index contributed by atoms with van der Waals surface area (Å²) in [6, 6.07) is 0.698. The van der Waals surface area contributed by atoms with Gasteiger partial charge in [-0.05, 0) is 18.9 Å². The second kappa shape index (κ2) is 3.34. The second-order valence-electron chi connectivity index (χ2n) is 3.43. The van der Waals surface area contributed by atoms with Crippen molar-refractivity contribution in [2.45, 2.75) is 24.8 Å². The lowest BCUT2D eigenvalue weighted by Crippen LogP contribution is -2.23. The Kier molecular flexibility index (Phi) is 2.17. The number of rotatable bonds is 3. The van der Waals surface area contributed by atoms with Gasteiger partial charge in [0.1, 0.15) is 0 Å². The van der Waals surface area contributed by atoms with E-state index in [1.807, 2.05) is 6.07 Å². The number of aliphatic carboxylic acids is 1. The van der Waals surface area contributed by atoms with Gasteiger partial charge < -0.3 is 10.8 Å². The Morgan fingerprint density at radius 1 is 1.64 bits per heavy atom. The molecule has 0 amide bonds. The molecule has 5 nitrogen and oxygen atoms in total. The average molecular weight is 193 g/mol. The first-order chi connectivity index (χ1) is 6.68. The van der Waals surface area contributed by atoms with Crippen molar-refractivity contribution in [1.82, 2.24) is 9.97 Å². The summed E-state index contributed by atoms with van der Waals surface area (Å²) in [7, 11) is 0. The molecule has 74 valence electrons. The van der Waals surface area contributed by atoms with Gasteiger partial charge in [-0.15, -0.1) is 0 Å². The zero-order valence-corrected chi connectivity index (χ0v) is 7.55. The Morgan fingerprint density at radius 2 is 2.36 bits per heavy atom. The first-order valence-corrected chi connectivity index (χ1v) is 4.49. The third kappa shape index (κ3) is 1.72. The molecule has 1 heterocycles. The van der Waals surface area contributed by atoms with Crippen LogP contribution >= 0.6 is 0 Å². The van der Waals surface area contributed by atoms with Gasteiger partial charge in [0, 0.05) is 17.8 Å². The van der Waals surface area contributed by atoms with Crippen LogP contribution in [0.5, 0.6) is 0 Å². The average Bonchev–Trinajstić information content (AvgIpc) is 3.00. The summed E-state index contributed by atoms with van der Waals surface area (Å²) >= 11 is 0. The first kappa shape index (κ1) is 9.08. The van der Waals surface area contributed by atoms with E-state index in [1.165, 1.54) is 0 Å². The highest BCUT2D eigenvalue weighted by molar-refractivity contribution is 5.73. The molecule has 0 spiro atoms. The summed E-state index contributed by atoms with van der Waals surface area (Å²) in [5.41, 5.74) is 6.31. The molecule has 1 atom stereocenters. The molecule has 0 aliphatic heterocycles. The molecule has 1 aromatic heterocycles. The molecule has 14 heavy (non-hydrogen) atoms. The minimum atomic E-state index is -1.12. The van der Waals surface area contributed by atoms with Crippen molar-refractivity contribution < 1.29 is 9.90 Å². The number of nitrogens with two attached hydrogens (primary N) is 1. The second-order valence-corrected chi connectivity index (χ2v) is 3.43. The molecule has 1 aliphatic carbocycles. The molecule has 1 saturated carbocycles. The number of carbonyl (C=O) groups is 1. The number of carboxylic acids is 1. The van der Waals surface area contributed by atoms with Crippen LogP contribution in [-0.4, -0.2) is 21.0 Å². The number of hydrogen-bond donors (Lipinski definition) is 2. The van der Waals surface area contributed by atoms with E-state index in [-0.39, 0.29) is 5.82 Å². The SMILES string of the molecule is NC(C(=O)O)c1nccc(C2CC2)n1. The van der Waals surface area contributed by atoms with Crippen molar-refractivity contribution in [3.05, 3.63) is 23.8 Å². The van der Waals surface area contributed by atoms with Gasteiger partial charge in [0.05, 0.1) is 0 Å². The van der Waals surface area contributed by atoms with Crippen LogP contribution in [0.15, 0.2) is 12.3 Å². The molecule has 0 bridgehead atoms. The standard InChI is InChI=1S/C9H11N3O2/c10-7(9(13)14)8-11-4-3-6(12-8)5-1-2-5/h3-5,7H,1-2,10H2,(H,13,14). The van der Waals surface area contributed by atoms with Gasteiger partial charge in [-0.25, -0.2) is 9.97 Å². The normalized spacial score (nSPS) is 17.8. The van der Waals surface area contributed by atoms with Crippen molar-refractivity contribution in [3.8, 4) is 0 Å². The van der Waals surface area contributed by atoms with Crippen LogP contribution < -0.4 is 5.73 Å². The third-order valence-corrected chi connectivity index (χ3v) is 2.24. The predicted octanol–water partition coefficient (Wildman–Crippen LogP) is 0.438. The fourth-order valence-corrected chi connectivity index (χ4v) is 1.26. The van der Waals surface area contributed by atoms with Crippen molar-refractivity contribution in [1.29, 1.82) is 0 Å². The van der Waals surface area contributed by atoms with Gasteiger partial charge in [-0.2, -0.15) is 0 Å². The minimum Gasteiger partial charge on any atom is -0.480 e. The van der Waals surface area contributed by atoms with Gasteiger partial charge in [-0.1, -0.05) is 0 Å². The predicted molar refractivity (Wildman–Crippen MR) is 48.6 cm³/mol. The molecule has 1 fully saturated rings. The molecular weight excluding hydrogens is 182 g/mol. The molecule has 5 heteroatoms. The summed E-state index contributed by atoms with van der Waals surface area (Å²) in [4.78, 5) is 18.6. The lowest BCUT2D eigenvalue weighted by molar-refractivity contribution is -0.138. The third-order valence-electron chi connectivity index (χ3n) is 2.24. The summed E-state index contributed by atoms with van der Waals surface area (Å²) < 4.78 is 0. The van der Waals surface area contributed by atoms with E-state index in [4.69, 9.17) is 10.8 Å². The highest BCUT2D eigenvalue weighted by atomic mass is 16.4. The van der Waals surface area contributed by atoms with Crippen LogP contribution in [0.1, 0.15) is 36.3 Å². The van der Waals surface area contributed by atoms with E-state index in [2.05, 4.69) is 9.97 Å². The summed E-state index contributed by atoms with van der Waals surface area (Å²) in [5, 5.41) is 8.68. The number of carboxylic acid groups (broad SMARTS) is 1. The van der Waals surface area contributed by atoms with E-state index in [0.717, 1.165) is 18.5 Å². The molecule has 0 saturated heterocycles. The number of aromatic nitrogens is 2. The van der Waals surface area contributed by atoms with Crippen LogP contribution in [0, 0.1) is 0 Å². The lowest BCUT2D eigenvalue weighted by Gasteiger charge is -2.05. The van der Waals surface area contributed by atoms with Crippen LogP contribution in [-0.2, 0) is 4.79 Å². The molecule has 1 aromatic rings. The van der Waals surface area contributed by atoms with Crippen molar-refractivity contribution in [2.75, 3.05) is 0 Å². The maximum atomic E-state index is 10.6. The quantitative estimate of drug-likeness (QED) is 0.727. The molecule has 0 radical (unpaired) electrons. The highest BCUT2D eigenvalue weighted by Gasteiger charge is 2.26. The van der Waals surface area contributed by atoms with E-state index in [1.54, 1.807) is 6.20 Å². The lowest BCUT2D eigenvalue weighted by atomic mass is 10.2. The van der Waals surface area contributed by atoms with Crippen LogP contribution in [0.4, 0.5) is 0 Å². The maximum absolute atomic E-state index is 10.6. The Morgan fingerprint density at radius 3 is 2.93 bits per heavy atom. The zero-order chi connectivity index (χ0) is 10.1. The monoisotopic (exact) mass is 193 g/mol.